The molecule has 5 heteroatoms. The van der Waals surface area contributed by atoms with Crippen LogP contribution in [0.5, 0.6) is 5.75 Å². The Morgan fingerprint density at radius 1 is 1.04 bits per heavy atom. The van der Waals surface area contributed by atoms with Crippen molar-refractivity contribution in [1.29, 1.82) is 0 Å². The number of hydrogen-bond donors (Lipinski definition) is 1. The zero-order valence-electron chi connectivity index (χ0n) is 15.0. The second-order valence-corrected chi connectivity index (χ2v) is 7.32. The third-order valence-corrected chi connectivity index (χ3v) is 4.89. The number of ether oxygens (including phenoxy) is 1. The number of hydrogen-bond acceptors (Lipinski definition) is 4. The summed E-state index contributed by atoms with van der Waals surface area (Å²) < 4.78 is 5.78. The van der Waals surface area contributed by atoms with E-state index in [4.69, 9.17) is 10.5 Å². The number of rotatable bonds is 11. The van der Waals surface area contributed by atoms with Gasteiger partial charge in [-0.25, -0.2) is 0 Å². The van der Waals surface area contributed by atoms with Crippen molar-refractivity contribution < 1.29 is 9.53 Å². The van der Waals surface area contributed by atoms with E-state index in [2.05, 4.69) is 11.9 Å². The van der Waals surface area contributed by atoms with E-state index in [1.54, 1.807) is 6.08 Å². The highest BCUT2D eigenvalue weighted by molar-refractivity contribution is 8.18. The van der Waals surface area contributed by atoms with Crippen molar-refractivity contribution in [2.75, 3.05) is 6.61 Å². The van der Waals surface area contributed by atoms with Gasteiger partial charge < -0.3 is 10.5 Å². The molecule has 0 aromatic heterocycles. The highest BCUT2D eigenvalue weighted by Gasteiger charge is 2.19. The van der Waals surface area contributed by atoms with E-state index in [1.807, 2.05) is 24.3 Å². The first-order valence-corrected chi connectivity index (χ1v) is 10.0. The Morgan fingerprint density at radius 3 is 2.28 bits per heavy atom. The van der Waals surface area contributed by atoms with Gasteiger partial charge in [-0.3, -0.25) is 4.79 Å². The number of aliphatic imine (C=N–C) groups is 1. The average molecular weight is 361 g/mol. The molecule has 1 aliphatic rings. The van der Waals surface area contributed by atoms with E-state index >= 15 is 0 Å². The molecule has 0 radical (unpaired) electrons. The fourth-order valence-electron chi connectivity index (χ4n) is 2.66. The summed E-state index contributed by atoms with van der Waals surface area (Å²) in [6.45, 7) is 3.01. The minimum atomic E-state index is -0.266. The Balaban J connectivity index is 1.63. The van der Waals surface area contributed by atoms with Crippen LogP contribution in [-0.2, 0) is 4.79 Å². The Labute approximate surface area is 154 Å². The maximum atomic E-state index is 11.6. The lowest BCUT2D eigenvalue weighted by molar-refractivity contribution is -0.113. The van der Waals surface area contributed by atoms with Crippen LogP contribution in [0.2, 0.25) is 0 Å². The van der Waals surface area contributed by atoms with Crippen LogP contribution in [-0.4, -0.2) is 17.7 Å². The number of unbranched alkanes of at least 4 members (excludes halogenated alkanes) is 7. The second kappa shape index (κ2) is 11.0. The third kappa shape index (κ3) is 7.34. The van der Waals surface area contributed by atoms with Gasteiger partial charge in [0.1, 0.15) is 5.75 Å². The van der Waals surface area contributed by atoms with Crippen LogP contribution >= 0.6 is 11.8 Å². The lowest BCUT2D eigenvalue weighted by atomic mass is 10.1. The second-order valence-electron chi connectivity index (χ2n) is 6.26. The average Bonchev–Trinajstić information content (AvgIpc) is 2.92. The molecule has 1 heterocycles. The van der Waals surface area contributed by atoms with Gasteiger partial charge in [0.15, 0.2) is 5.17 Å². The largest absolute Gasteiger partial charge is 0.494 e. The minimum Gasteiger partial charge on any atom is -0.494 e. The SMILES string of the molecule is CCCCCCCCCCOc1ccc(C=C2SC(N)=NC2=O)cc1. The van der Waals surface area contributed by atoms with Crippen molar-refractivity contribution in [3.05, 3.63) is 34.7 Å². The predicted octanol–water partition coefficient (Wildman–Crippen LogP) is 5.14. The molecule has 0 spiro atoms. The van der Waals surface area contributed by atoms with Crippen LogP contribution in [0, 0.1) is 0 Å². The van der Waals surface area contributed by atoms with E-state index in [1.165, 1.54) is 56.7 Å². The zero-order valence-corrected chi connectivity index (χ0v) is 15.8. The summed E-state index contributed by atoms with van der Waals surface area (Å²) in [6.07, 6.45) is 12.2. The summed E-state index contributed by atoms with van der Waals surface area (Å²) in [4.78, 5) is 15.8. The molecule has 1 aromatic rings. The first-order chi connectivity index (χ1) is 12.2. The highest BCUT2D eigenvalue weighted by atomic mass is 32.2. The molecule has 0 fully saturated rings. The number of nitrogens with two attached hydrogens (primary N) is 1. The fraction of sp³-hybridized carbons (Fsp3) is 0.500. The number of thioether (sulfide) groups is 1. The Kier molecular flexibility index (Phi) is 8.60. The van der Waals surface area contributed by atoms with E-state index in [-0.39, 0.29) is 5.91 Å². The van der Waals surface area contributed by atoms with Gasteiger partial charge in [0.25, 0.3) is 5.91 Å². The molecule has 136 valence electrons. The van der Waals surface area contributed by atoms with Crippen LogP contribution in [0.15, 0.2) is 34.2 Å². The molecular formula is C20H28N2O2S. The normalized spacial score (nSPS) is 15.6. The number of carbonyl (C=O) groups excluding carboxylic acids is 1. The summed E-state index contributed by atoms with van der Waals surface area (Å²) in [6, 6.07) is 7.76. The highest BCUT2D eigenvalue weighted by Crippen LogP contribution is 2.26. The molecule has 0 saturated heterocycles. The Hall–Kier alpha value is -1.75. The van der Waals surface area contributed by atoms with Gasteiger partial charge >= 0.3 is 0 Å². The molecule has 2 N–H and O–H groups in total. The van der Waals surface area contributed by atoms with Crippen molar-refractivity contribution in [1.82, 2.24) is 0 Å². The van der Waals surface area contributed by atoms with Crippen LogP contribution in [0.3, 0.4) is 0 Å². The van der Waals surface area contributed by atoms with Crippen molar-refractivity contribution >= 4 is 28.9 Å². The van der Waals surface area contributed by atoms with Crippen LogP contribution in [0.4, 0.5) is 0 Å². The van der Waals surface area contributed by atoms with E-state index in [0.717, 1.165) is 24.3 Å². The van der Waals surface area contributed by atoms with Crippen molar-refractivity contribution in [2.45, 2.75) is 58.3 Å². The van der Waals surface area contributed by atoms with Gasteiger partial charge in [-0.15, -0.1) is 0 Å². The maximum absolute atomic E-state index is 11.6. The fourth-order valence-corrected chi connectivity index (χ4v) is 3.34. The number of benzene rings is 1. The van der Waals surface area contributed by atoms with Crippen molar-refractivity contribution in [3.8, 4) is 5.75 Å². The molecule has 0 aliphatic carbocycles. The molecule has 1 aliphatic heterocycles. The predicted molar refractivity (Wildman–Crippen MR) is 107 cm³/mol. The molecule has 25 heavy (non-hydrogen) atoms. The van der Waals surface area contributed by atoms with Crippen LogP contribution in [0.1, 0.15) is 63.9 Å². The molecule has 4 nitrogen and oxygen atoms in total. The summed E-state index contributed by atoms with van der Waals surface area (Å²) in [5, 5.41) is 0.307. The topological polar surface area (TPSA) is 64.7 Å². The van der Waals surface area contributed by atoms with Gasteiger partial charge in [0.05, 0.1) is 11.5 Å². The quantitative estimate of drug-likeness (QED) is 0.438. The summed E-state index contributed by atoms with van der Waals surface area (Å²) in [5.74, 6) is 0.601. The molecule has 0 bridgehead atoms. The van der Waals surface area contributed by atoms with Crippen LogP contribution in [0.25, 0.3) is 6.08 Å². The van der Waals surface area contributed by atoms with Gasteiger partial charge in [-0.05, 0) is 42.0 Å². The standard InChI is InChI=1S/C20H28N2O2S/c1-2-3-4-5-6-7-8-9-14-24-17-12-10-16(11-13-17)15-18-19(23)22-20(21)25-18/h10-13,15H,2-9,14H2,1H3,(H2,21,22,23). The lowest BCUT2D eigenvalue weighted by Gasteiger charge is -2.06. The smallest absolute Gasteiger partial charge is 0.286 e. The molecule has 1 aromatic carbocycles. The summed E-state index contributed by atoms with van der Waals surface area (Å²) in [7, 11) is 0. The number of carbonyl (C=O) groups is 1. The van der Waals surface area contributed by atoms with Gasteiger partial charge in [-0.2, -0.15) is 4.99 Å². The van der Waals surface area contributed by atoms with E-state index in [9.17, 15) is 4.79 Å². The molecule has 2 rings (SSSR count). The molecule has 0 unspecified atom stereocenters. The number of amidine groups is 1. The third-order valence-electron chi connectivity index (χ3n) is 4.08. The number of nitrogens with zero attached hydrogens (tertiary/aromatic N) is 1. The van der Waals surface area contributed by atoms with E-state index < -0.39 is 0 Å². The molecule has 1 amide bonds. The summed E-state index contributed by atoms with van der Waals surface area (Å²) >= 11 is 1.21. The van der Waals surface area contributed by atoms with Crippen LogP contribution < -0.4 is 10.5 Å². The Morgan fingerprint density at radius 2 is 1.68 bits per heavy atom. The van der Waals surface area contributed by atoms with Gasteiger partial charge in [0.2, 0.25) is 0 Å². The summed E-state index contributed by atoms with van der Waals surface area (Å²) in [5.41, 5.74) is 6.49. The zero-order chi connectivity index (χ0) is 17.9. The van der Waals surface area contributed by atoms with Gasteiger partial charge in [-0.1, -0.05) is 64.0 Å². The number of amides is 1. The van der Waals surface area contributed by atoms with Crippen molar-refractivity contribution in [2.24, 2.45) is 10.7 Å². The monoisotopic (exact) mass is 360 g/mol. The molecule has 0 saturated carbocycles. The molecule has 0 atom stereocenters. The maximum Gasteiger partial charge on any atom is 0.286 e. The van der Waals surface area contributed by atoms with E-state index in [0.29, 0.717) is 10.1 Å². The minimum absolute atomic E-state index is 0.266. The molecular weight excluding hydrogens is 332 g/mol. The first-order valence-electron chi connectivity index (χ1n) is 9.20. The van der Waals surface area contributed by atoms with Gasteiger partial charge in [0, 0.05) is 0 Å². The van der Waals surface area contributed by atoms with Crippen molar-refractivity contribution in [3.63, 3.8) is 0 Å². The Bertz CT molecular complexity index is 609. The lowest BCUT2D eigenvalue weighted by Crippen LogP contribution is -2.01. The first kappa shape index (κ1) is 19.6.